The van der Waals surface area contributed by atoms with E-state index in [-0.39, 0.29) is 24.8 Å². The zero-order valence-electron chi connectivity index (χ0n) is 13.0. The van der Waals surface area contributed by atoms with Gasteiger partial charge >= 0.3 is 0 Å². The van der Waals surface area contributed by atoms with Crippen molar-refractivity contribution in [3.8, 4) is 0 Å². The number of pyridine rings is 1. The van der Waals surface area contributed by atoms with Gasteiger partial charge in [0.05, 0.1) is 18.6 Å². The van der Waals surface area contributed by atoms with Crippen LogP contribution in [0, 0.1) is 0 Å². The summed E-state index contributed by atoms with van der Waals surface area (Å²) in [4.78, 5) is 30.1. The molecule has 2 aromatic rings. The van der Waals surface area contributed by atoms with E-state index in [1.165, 1.54) is 7.05 Å². The molecule has 1 aliphatic heterocycles. The molecule has 3 rings (SSSR count). The number of rotatable bonds is 3. The number of likely N-dealkylation sites (tertiary alicyclic amines) is 1. The molecule has 1 aliphatic rings. The molecule has 1 saturated heterocycles. The van der Waals surface area contributed by atoms with Crippen molar-refractivity contribution in [2.45, 2.75) is 24.9 Å². The van der Waals surface area contributed by atoms with E-state index in [0.717, 1.165) is 0 Å². The summed E-state index contributed by atoms with van der Waals surface area (Å²) in [5.41, 5.74) is -0.124. The van der Waals surface area contributed by atoms with E-state index in [4.69, 9.17) is 0 Å². The van der Waals surface area contributed by atoms with Crippen LogP contribution in [0.25, 0.3) is 5.65 Å². The number of fused-ring (bicyclic) bond motifs is 1. The first kappa shape index (κ1) is 15.5. The monoisotopic (exact) mass is 316 g/mol. The van der Waals surface area contributed by atoms with Crippen LogP contribution in [0.2, 0.25) is 0 Å². The summed E-state index contributed by atoms with van der Waals surface area (Å²) in [5.74, 6) is -0.446. The molecule has 1 fully saturated rings. The fourth-order valence-corrected chi connectivity index (χ4v) is 3.02. The van der Waals surface area contributed by atoms with E-state index < -0.39 is 5.60 Å². The van der Waals surface area contributed by atoms with E-state index in [2.05, 4.69) is 10.3 Å². The van der Waals surface area contributed by atoms with Gasteiger partial charge in [-0.05, 0) is 25.0 Å². The third kappa shape index (κ3) is 3.19. The average Bonchev–Trinajstić information content (AvgIpc) is 2.97. The van der Waals surface area contributed by atoms with Gasteiger partial charge in [0, 0.05) is 26.0 Å². The quantitative estimate of drug-likeness (QED) is 0.860. The Balaban J connectivity index is 1.77. The van der Waals surface area contributed by atoms with Crippen LogP contribution in [0.4, 0.5) is 0 Å². The number of β-amino-alcohol motifs (C(OH)–C–C–N with tert-alkyl or cyclic N) is 1. The fraction of sp³-hybridized carbons (Fsp3) is 0.438. The highest BCUT2D eigenvalue weighted by Crippen LogP contribution is 2.25. The highest BCUT2D eigenvalue weighted by Gasteiger charge is 2.37. The second kappa shape index (κ2) is 6.00. The number of amides is 2. The molecule has 2 aromatic heterocycles. The maximum absolute atomic E-state index is 12.7. The molecule has 1 unspecified atom stereocenters. The molecular weight excluding hydrogens is 296 g/mol. The highest BCUT2D eigenvalue weighted by molar-refractivity contribution is 5.93. The van der Waals surface area contributed by atoms with E-state index in [1.807, 2.05) is 24.4 Å². The molecule has 0 radical (unpaired) electrons. The molecule has 0 bridgehead atoms. The number of nitrogens with one attached hydrogen (secondary N) is 1. The molecule has 7 heteroatoms. The molecule has 1 atom stereocenters. The van der Waals surface area contributed by atoms with Crippen molar-refractivity contribution >= 4 is 17.5 Å². The number of hydrogen-bond donors (Lipinski definition) is 2. The Morgan fingerprint density at radius 2 is 2.26 bits per heavy atom. The van der Waals surface area contributed by atoms with E-state index in [9.17, 15) is 14.7 Å². The fourth-order valence-electron chi connectivity index (χ4n) is 3.02. The second-order valence-corrected chi connectivity index (χ2v) is 6.00. The van der Waals surface area contributed by atoms with Crippen LogP contribution >= 0.6 is 0 Å². The number of imidazole rings is 1. The third-order valence-electron chi connectivity index (χ3n) is 4.19. The Hall–Kier alpha value is -2.41. The van der Waals surface area contributed by atoms with Crippen molar-refractivity contribution in [1.82, 2.24) is 19.6 Å². The van der Waals surface area contributed by atoms with Crippen LogP contribution in [0.3, 0.4) is 0 Å². The number of aliphatic hydroxyl groups is 1. The Bertz CT molecular complexity index is 709. The van der Waals surface area contributed by atoms with Gasteiger partial charge in [-0.1, -0.05) is 6.07 Å². The highest BCUT2D eigenvalue weighted by atomic mass is 16.3. The topological polar surface area (TPSA) is 86.9 Å². The van der Waals surface area contributed by atoms with Gasteiger partial charge in [0.15, 0.2) is 0 Å². The number of carbonyl (C=O) groups excluding carboxylic acids is 2. The van der Waals surface area contributed by atoms with E-state index in [1.54, 1.807) is 15.5 Å². The predicted octanol–water partition coefficient (Wildman–Crippen LogP) is 0.437. The largest absolute Gasteiger partial charge is 0.388 e. The first-order valence-electron chi connectivity index (χ1n) is 7.67. The van der Waals surface area contributed by atoms with E-state index >= 15 is 0 Å². The molecule has 0 saturated carbocycles. The van der Waals surface area contributed by atoms with Gasteiger partial charge in [0.25, 0.3) is 5.91 Å². The second-order valence-electron chi connectivity index (χ2n) is 6.00. The van der Waals surface area contributed by atoms with Gasteiger partial charge in [-0.25, -0.2) is 4.98 Å². The average molecular weight is 316 g/mol. The molecule has 0 aromatic carbocycles. The zero-order valence-corrected chi connectivity index (χ0v) is 13.0. The van der Waals surface area contributed by atoms with Gasteiger partial charge in [0.2, 0.25) is 5.91 Å². The summed E-state index contributed by atoms with van der Waals surface area (Å²) < 4.78 is 1.79. The van der Waals surface area contributed by atoms with Gasteiger partial charge < -0.3 is 19.7 Å². The lowest BCUT2D eigenvalue weighted by molar-refractivity contribution is -0.127. The maximum Gasteiger partial charge on any atom is 0.274 e. The summed E-state index contributed by atoms with van der Waals surface area (Å²) >= 11 is 0. The van der Waals surface area contributed by atoms with Crippen LogP contribution in [0.1, 0.15) is 29.8 Å². The Kier molecular flexibility index (Phi) is 4.04. The lowest BCUT2D eigenvalue weighted by atomic mass is 9.89. The van der Waals surface area contributed by atoms with Crippen LogP contribution in [0.5, 0.6) is 0 Å². The van der Waals surface area contributed by atoms with Crippen LogP contribution in [-0.2, 0) is 4.79 Å². The smallest absolute Gasteiger partial charge is 0.274 e. The lowest BCUT2D eigenvalue weighted by Crippen LogP contribution is -2.52. The third-order valence-corrected chi connectivity index (χ3v) is 4.19. The molecular formula is C16H20N4O3. The normalized spacial score (nSPS) is 21.4. The SMILES string of the molecule is CNC(=O)CC1(O)CCCN(C(=O)c2cn3ccccc3n2)C1. The molecule has 0 aliphatic carbocycles. The minimum atomic E-state index is -1.17. The van der Waals surface area contributed by atoms with Crippen molar-refractivity contribution in [1.29, 1.82) is 0 Å². The molecule has 23 heavy (non-hydrogen) atoms. The molecule has 7 nitrogen and oxygen atoms in total. The Morgan fingerprint density at radius 3 is 3.00 bits per heavy atom. The standard InChI is InChI=1S/C16H20N4O3/c1-17-14(21)9-16(23)6-4-8-20(11-16)15(22)12-10-19-7-3-2-5-13(19)18-12/h2-3,5,7,10,23H,4,6,8-9,11H2,1H3,(H,17,21). The summed E-state index contributed by atoms with van der Waals surface area (Å²) in [7, 11) is 1.54. The number of carbonyl (C=O) groups is 2. The van der Waals surface area contributed by atoms with Crippen LogP contribution in [0.15, 0.2) is 30.6 Å². The molecule has 2 N–H and O–H groups in total. The van der Waals surface area contributed by atoms with Crippen LogP contribution in [-0.4, -0.2) is 56.9 Å². The molecule has 3 heterocycles. The Morgan fingerprint density at radius 1 is 1.43 bits per heavy atom. The maximum atomic E-state index is 12.7. The summed E-state index contributed by atoms with van der Waals surface area (Å²) in [6, 6.07) is 5.56. The first-order valence-corrected chi connectivity index (χ1v) is 7.67. The van der Waals surface area contributed by atoms with Gasteiger partial charge in [-0.2, -0.15) is 0 Å². The zero-order chi connectivity index (χ0) is 16.4. The van der Waals surface area contributed by atoms with Crippen molar-refractivity contribution < 1.29 is 14.7 Å². The summed E-state index contributed by atoms with van der Waals surface area (Å²) in [6.07, 6.45) is 4.68. The molecule has 2 amide bonds. The number of nitrogens with zero attached hydrogens (tertiary/aromatic N) is 3. The predicted molar refractivity (Wildman–Crippen MR) is 84.0 cm³/mol. The molecule has 0 spiro atoms. The number of hydrogen-bond acceptors (Lipinski definition) is 4. The lowest BCUT2D eigenvalue weighted by Gasteiger charge is -2.38. The van der Waals surface area contributed by atoms with Gasteiger partial charge in [-0.15, -0.1) is 0 Å². The van der Waals surface area contributed by atoms with Crippen molar-refractivity contribution in [3.05, 3.63) is 36.3 Å². The summed E-state index contributed by atoms with van der Waals surface area (Å²) in [6.45, 7) is 0.704. The summed E-state index contributed by atoms with van der Waals surface area (Å²) in [5, 5.41) is 13.1. The van der Waals surface area contributed by atoms with Gasteiger partial charge in [0.1, 0.15) is 11.3 Å². The first-order chi connectivity index (χ1) is 11.0. The van der Waals surface area contributed by atoms with Crippen molar-refractivity contribution in [2.75, 3.05) is 20.1 Å². The molecule has 122 valence electrons. The number of piperidine rings is 1. The minimum absolute atomic E-state index is 0.00154. The van der Waals surface area contributed by atoms with E-state index in [0.29, 0.717) is 30.7 Å². The van der Waals surface area contributed by atoms with Gasteiger partial charge in [-0.3, -0.25) is 9.59 Å². The van der Waals surface area contributed by atoms with Crippen LogP contribution < -0.4 is 5.32 Å². The number of aromatic nitrogens is 2. The minimum Gasteiger partial charge on any atom is -0.388 e. The Labute approximate surface area is 133 Å². The van der Waals surface area contributed by atoms with Crippen molar-refractivity contribution in [2.24, 2.45) is 0 Å². The van der Waals surface area contributed by atoms with Crippen molar-refractivity contribution in [3.63, 3.8) is 0 Å².